The second-order valence-electron chi connectivity index (χ2n) is 4.87. The first-order chi connectivity index (χ1) is 10.1. The van der Waals surface area contributed by atoms with Crippen molar-refractivity contribution in [2.75, 3.05) is 12.4 Å². The van der Waals surface area contributed by atoms with Crippen molar-refractivity contribution >= 4 is 11.6 Å². The lowest BCUT2D eigenvalue weighted by Crippen LogP contribution is -2.11. The third-order valence-corrected chi connectivity index (χ3v) is 2.84. The Hall–Kier alpha value is -2.49. The number of rotatable bonds is 5. The van der Waals surface area contributed by atoms with Crippen LogP contribution in [0.25, 0.3) is 0 Å². The molecule has 0 aliphatic heterocycles. The highest BCUT2D eigenvalue weighted by molar-refractivity contribution is 6.04. The van der Waals surface area contributed by atoms with E-state index in [-0.39, 0.29) is 12.0 Å². The Labute approximate surface area is 124 Å². The predicted octanol–water partition coefficient (Wildman–Crippen LogP) is 3.73. The summed E-state index contributed by atoms with van der Waals surface area (Å²) in [5.74, 6) is 1.35. The van der Waals surface area contributed by atoms with Gasteiger partial charge in [-0.15, -0.1) is 0 Å². The van der Waals surface area contributed by atoms with Gasteiger partial charge in [0.1, 0.15) is 11.5 Å². The number of benzene rings is 2. The molecular formula is C17H19NO3. The van der Waals surface area contributed by atoms with Crippen molar-refractivity contribution in [1.29, 1.82) is 0 Å². The zero-order valence-electron chi connectivity index (χ0n) is 12.4. The number of carbonyl (C=O) groups excluding carboxylic acids is 1. The van der Waals surface area contributed by atoms with Gasteiger partial charge in [0.15, 0.2) is 0 Å². The van der Waals surface area contributed by atoms with Gasteiger partial charge in [-0.1, -0.05) is 0 Å². The molecule has 0 atom stereocenters. The first-order valence-electron chi connectivity index (χ1n) is 6.80. The molecule has 1 amide bonds. The van der Waals surface area contributed by atoms with Crippen molar-refractivity contribution in [3.05, 3.63) is 54.1 Å². The molecule has 4 nitrogen and oxygen atoms in total. The van der Waals surface area contributed by atoms with Crippen LogP contribution in [-0.4, -0.2) is 19.1 Å². The van der Waals surface area contributed by atoms with Gasteiger partial charge >= 0.3 is 0 Å². The molecule has 0 aliphatic carbocycles. The maximum atomic E-state index is 12.1. The number of ether oxygens (including phenoxy) is 2. The van der Waals surface area contributed by atoms with Crippen LogP contribution in [0.4, 0.5) is 5.69 Å². The van der Waals surface area contributed by atoms with Crippen LogP contribution in [0.3, 0.4) is 0 Å². The summed E-state index contributed by atoms with van der Waals surface area (Å²) in [5, 5.41) is 2.84. The minimum absolute atomic E-state index is 0.129. The Kier molecular flexibility index (Phi) is 4.82. The average Bonchev–Trinajstić information content (AvgIpc) is 2.49. The SMILES string of the molecule is COc1ccc(C(=O)Nc2ccc(OC(C)C)cc2)cc1. The van der Waals surface area contributed by atoms with Crippen LogP contribution in [0.15, 0.2) is 48.5 Å². The third kappa shape index (κ3) is 4.24. The number of anilines is 1. The monoisotopic (exact) mass is 285 g/mol. The smallest absolute Gasteiger partial charge is 0.255 e. The molecule has 2 aromatic carbocycles. The van der Waals surface area contributed by atoms with Crippen LogP contribution in [0.1, 0.15) is 24.2 Å². The highest BCUT2D eigenvalue weighted by Gasteiger charge is 2.06. The molecule has 1 N–H and O–H groups in total. The molecule has 0 heterocycles. The van der Waals surface area contributed by atoms with Gasteiger partial charge in [-0.3, -0.25) is 4.79 Å². The van der Waals surface area contributed by atoms with E-state index in [2.05, 4.69) is 5.32 Å². The highest BCUT2D eigenvalue weighted by Crippen LogP contribution is 2.18. The van der Waals surface area contributed by atoms with Gasteiger partial charge in [-0.05, 0) is 62.4 Å². The molecule has 0 radical (unpaired) electrons. The Morgan fingerprint density at radius 1 is 0.952 bits per heavy atom. The maximum Gasteiger partial charge on any atom is 0.255 e. The predicted molar refractivity (Wildman–Crippen MR) is 83.2 cm³/mol. The molecule has 0 unspecified atom stereocenters. The van der Waals surface area contributed by atoms with E-state index in [1.54, 1.807) is 31.4 Å². The minimum Gasteiger partial charge on any atom is -0.497 e. The summed E-state index contributed by atoms with van der Waals surface area (Å²) in [7, 11) is 1.59. The number of amides is 1. The van der Waals surface area contributed by atoms with E-state index in [0.717, 1.165) is 17.2 Å². The molecule has 0 aliphatic rings. The van der Waals surface area contributed by atoms with E-state index < -0.39 is 0 Å². The highest BCUT2D eigenvalue weighted by atomic mass is 16.5. The molecule has 21 heavy (non-hydrogen) atoms. The minimum atomic E-state index is -0.157. The van der Waals surface area contributed by atoms with Gasteiger partial charge in [0, 0.05) is 11.3 Å². The van der Waals surface area contributed by atoms with E-state index in [9.17, 15) is 4.79 Å². The zero-order chi connectivity index (χ0) is 15.2. The molecular weight excluding hydrogens is 266 g/mol. The number of nitrogens with one attached hydrogen (secondary N) is 1. The van der Waals surface area contributed by atoms with Gasteiger partial charge < -0.3 is 14.8 Å². The summed E-state index contributed by atoms with van der Waals surface area (Å²) in [4.78, 5) is 12.1. The lowest BCUT2D eigenvalue weighted by atomic mass is 10.2. The molecule has 2 rings (SSSR count). The molecule has 0 saturated carbocycles. The first-order valence-corrected chi connectivity index (χ1v) is 6.80. The number of methoxy groups -OCH3 is 1. The Morgan fingerprint density at radius 3 is 2.05 bits per heavy atom. The maximum absolute atomic E-state index is 12.1. The number of hydrogen-bond donors (Lipinski definition) is 1. The van der Waals surface area contributed by atoms with Crippen LogP contribution in [0, 0.1) is 0 Å². The standard InChI is InChI=1S/C17H19NO3/c1-12(2)21-16-10-6-14(7-11-16)18-17(19)13-4-8-15(20-3)9-5-13/h4-12H,1-3H3,(H,18,19). The third-order valence-electron chi connectivity index (χ3n) is 2.84. The Morgan fingerprint density at radius 2 is 1.52 bits per heavy atom. The second kappa shape index (κ2) is 6.79. The zero-order valence-corrected chi connectivity index (χ0v) is 12.4. The van der Waals surface area contributed by atoms with Crippen molar-refractivity contribution in [3.8, 4) is 11.5 Å². The van der Waals surface area contributed by atoms with E-state index in [0.29, 0.717) is 5.56 Å². The van der Waals surface area contributed by atoms with E-state index in [4.69, 9.17) is 9.47 Å². The summed E-state index contributed by atoms with van der Waals surface area (Å²) in [6, 6.07) is 14.3. The lowest BCUT2D eigenvalue weighted by molar-refractivity contribution is 0.102. The van der Waals surface area contributed by atoms with Crippen molar-refractivity contribution in [2.45, 2.75) is 20.0 Å². The number of hydrogen-bond acceptors (Lipinski definition) is 3. The summed E-state index contributed by atoms with van der Waals surface area (Å²) in [6.07, 6.45) is 0.129. The molecule has 0 fully saturated rings. The Balaban J connectivity index is 2.01. The fourth-order valence-electron chi connectivity index (χ4n) is 1.83. The van der Waals surface area contributed by atoms with Crippen LogP contribution in [0.5, 0.6) is 11.5 Å². The topological polar surface area (TPSA) is 47.6 Å². The van der Waals surface area contributed by atoms with Crippen molar-refractivity contribution in [2.24, 2.45) is 0 Å². The lowest BCUT2D eigenvalue weighted by Gasteiger charge is -2.10. The van der Waals surface area contributed by atoms with Gasteiger partial charge in [-0.2, -0.15) is 0 Å². The van der Waals surface area contributed by atoms with Gasteiger partial charge in [0.25, 0.3) is 5.91 Å². The largest absolute Gasteiger partial charge is 0.497 e. The van der Waals surface area contributed by atoms with Crippen molar-refractivity contribution in [3.63, 3.8) is 0 Å². The van der Waals surface area contributed by atoms with Gasteiger partial charge in [-0.25, -0.2) is 0 Å². The molecule has 4 heteroatoms. The van der Waals surface area contributed by atoms with E-state index in [1.165, 1.54) is 0 Å². The molecule has 0 bridgehead atoms. The van der Waals surface area contributed by atoms with Gasteiger partial charge in [0.2, 0.25) is 0 Å². The summed E-state index contributed by atoms with van der Waals surface area (Å²) in [6.45, 7) is 3.94. The quantitative estimate of drug-likeness (QED) is 0.910. The molecule has 2 aromatic rings. The van der Waals surface area contributed by atoms with E-state index in [1.807, 2.05) is 38.1 Å². The first kappa shape index (κ1) is 14.9. The number of carbonyl (C=O) groups is 1. The Bertz CT molecular complexity index is 588. The van der Waals surface area contributed by atoms with Gasteiger partial charge in [0.05, 0.1) is 13.2 Å². The average molecular weight is 285 g/mol. The van der Waals surface area contributed by atoms with Crippen molar-refractivity contribution < 1.29 is 14.3 Å². The second-order valence-corrected chi connectivity index (χ2v) is 4.87. The van der Waals surface area contributed by atoms with Crippen LogP contribution in [-0.2, 0) is 0 Å². The van der Waals surface area contributed by atoms with Crippen LogP contribution in [0.2, 0.25) is 0 Å². The van der Waals surface area contributed by atoms with Crippen LogP contribution >= 0.6 is 0 Å². The van der Waals surface area contributed by atoms with E-state index >= 15 is 0 Å². The fourth-order valence-corrected chi connectivity index (χ4v) is 1.83. The molecule has 0 spiro atoms. The molecule has 0 saturated heterocycles. The fraction of sp³-hybridized carbons (Fsp3) is 0.235. The summed E-state index contributed by atoms with van der Waals surface area (Å²) < 4.78 is 10.6. The summed E-state index contributed by atoms with van der Waals surface area (Å²) >= 11 is 0. The molecule has 0 aromatic heterocycles. The normalized spacial score (nSPS) is 10.3. The summed E-state index contributed by atoms with van der Waals surface area (Å²) in [5.41, 5.74) is 1.31. The van der Waals surface area contributed by atoms with Crippen molar-refractivity contribution in [1.82, 2.24) is 0 Å². The van der Waals surface area contributed by atoms with Crippen LogP contribution < -0.4 is 14.8 Å². The molecule has 110 valence electrons.